The van der Waals surface area contributed by atoms with Gasteiger partial charge in [0.1, 0.15) is 5.75 Å². The molecule has 1 aliphatic carbocycles. The standard InChI is InChI=1S/C17H19NO/c1-2-19-17-9-4-3-6-15(17)12-7-5-8-14-13(12)10-11-16(14)18/h3-9,16H,2,10-11,18H2,1H3. The van der Waals surface area contributed by atoms with Crippen molar-refractivity contribution in [2.24, 2.45) is 5.73 Å². The van der Waals surface area contributed by atoms with Crippen molar-refractivity contribution in [1.29, 1.82) is 0 Å². The molecule has 2 nitrogen and oxygen atoms in total. The summed E-state index contributed by atoms with van der Waals surface area (Å²) < 4.78 is 5.75. The molecule has 2 N–H and O–H groups in total. The first-order valence-electron chi connectivity index (χ1n) is 6.91. The molecule has 1 atom stereocenters. The number of benzene rings is 2. The van der Waals surface area contributed by atoms with E-state index in [2.05, 4.69) is 30.3 Å². The van der Waals surface area contributed by atoms with E-state index in [-0.39, 0.29) is 6.04 Å². The van der Waals surface area contributed by atoms with Crippen LogP contribution in [0.25, 0.3) is 11.1 Å². The van der Waals surface area contributed by atoms with E-state index in [1.54, 1.807) is 0 Å². The van der Waals surface area contributed by atoms with E-state index in [0.29, 0.717) is 6.61 Å². The second-order valence-corrected chi connectivity index (χ2v) is 4.95. The van der Waals surface area contributed by atoms with Gasteiger partial charge in [0.05, 0.1) is 6.61 Å². The Morgan fingerprint density at radius 1 is 1.11 bits per heavy atom. The second-order valence-electron chi connectivity index (χ2n) is 4.95. The average molecular weight is 253 g/mol. The van der Waals surface area contributed by atoms with Gasteiger partial charge >= 0.3 is 0 Å². The van der Waals surface area contributed by atoms with Gasteiger partial charge in [-0.15, -0.1) is 0 Å². The van der Waals surface area contributed by atoms with Gasteiger partial charge in [0.25, 0.3) is 0 Å². The molecule has 0 saturated carbocycles. The lowest BCUT2D eigenvalue weighted by molar-refractivity contribution is 0.341. The van der Waals surface area contributed by atoms with Gasteiger partial charge in [-0.25, -0.2) is 0 Å². The molecule has 0 radical (unpaired) electrons. The van der Waals surface area contributed by atoms with Crippen LogP contribution in [0.5, 0.6) is 5.75 Å². The summed E-state index contributed by atoms with van der Waals surface area (Å²) in [4.78, 5) is 0. The van der Waals surface area contributed by atoms with E-state index < -0.39 is 0 Å². The molecule has 0 aromatic heterocycles. The molecule has 19 heavy (non-hydrogen) atoms. The van der Waals surface area contributed by atoms with Crippen LogP contribution in [0.3, 0.4) is 0 Å². The smallest absolute Gasteiger partial charge is 0.127 e. The van der Waals surface area contributed by atoms with Crippen LogP contribution < -0.4 is 10.5 Å². The van der Waals surface area contributed by atoms with Crippen molar-refractivity contribution in [3.05, 3.63) is 53.6 Å². The number of ether oxygens (including phenoxy) is 1. The summed E-state index contributed by atoms with van der Waals surface area (Å²) in [6.07, 6.45) is 2.11. The highest BCUT2D eigenvalue weighted by molar-refractivity contribution is 5.75. The van der Waals surface area contributed by atoms with Gasteiger partial charge in [-0.05, 0) is 42.5 Å². The molecule has 2 aromatic carbocycles. The van der Waals surface area contributed by atoms with Crippen LogP contribution >= 0.6 is 0 Å². The zero-order chi connectivity index (χ0) is 13.2. The van der Waals surface area contributed by atoms with Crippen molar-refractivity contribution in [1.82, 2.24) is 0 Å². The Labute approximate surface area is 114 Å². The molecule has 0 bridgehead atoms. The maximum Gasteiger partial charge on any atom is 0.127 e. The van der Waals surface area contributed by atoms with Crippen LogP contribution in [0.1, 0.15) is 30.5 Å². The van der Waals surface area contributed by atoms with Gasteiger partial charge in [0.15, 0.2) is 0 Å². The molecule has 0 amide bonds. The Kier molecular flexibility index (Phi) is 3.26. The fourth-order valence-electron chi connectivity index (χ4n) is 2.91. The van der Waals surface area contributed by atoms with E-state index in [4.69, 9.17) is 10.5 Å². The number of nitrogens with two attached hydrogens (primary N) is 1. The van der Waals surface area contributed by atoms with Gasteiger partial charge in [-0.3, -0.25) is 0 Å². The summed E-state index contributed by atoms with van der Waals surface area (Å²) in [7, 11) is 0. The van der Waals surface area contributed by atoms with E-state index in [1.807, 2.05) is 19.1 Å². The summed E-state index contributed by atoms with van der Waals surface area (Å²) in [6, 6.07) is 14.9. The van der Waals surface area contributed by atoms with Crippen molar-refractivity contribution >= 4 is 0 Å². The third kappa shape index (κ3) is 2.13. The van der Waals surface area contributed by atoms with E-state index >= 15 is 0 Å². The molecule has 0 fully saturated rings. The fraction of sp³-hybridized carbons (Fsp3) is 0.294. The Bertz CT molecular complexity index is 592. The Balaban J connectivity index is 2.13. The van der Waals surface area contributed by atoms with Gasteiger partial charge in [-0.1, -0.05) is 36.4 Å². The van der Waals surface area contributed by atoms with Crippen molar-refractivity contribution in [2.75, 3.05) is 6.61 Å². The lowest BCUT2D eigenvalue weighted by atomic mass is 9.96. The minimum absolute atomic E-state index is 0.189. The number of para-hydroxylation sites is 1. The maximum absolute atomic E-state index is 6.16. The summed E-state index contributed by atoms with van der Waals surface area (Å²) in [5, 5.41) is 0. The summed E-state index contributed by atoms with van der Waals surface area (Å²) in [5.74, 6) is 0.957. The first kappa shape index (κ1) is 12.2. The topological polar surface area (TPSA) is 35.2 Å². The van der Waals surface area contributed by atoms with Crippen LogP contribution in [0.4, 0.5) is 0 Å². The van der Waals surface area contributed by atoms with Crippen LogP contribution in [-0.2, 0) is 6.42 Å². The van der Waals surface area contributed by atoms with Crippen molar-refractivity contribution in [3.8, 4) is 16.9 Å². The van der Waals surface area contributed by atoms with Crippen LogP contribution in [0.2, 0.25) is 0 Å². The normalized spacial score (nSPS) is 17.3. The lowest BCUT2D eigenvalue weighted by Crippen LogP contribution is -2.05. The molecule has 1 unspecified atom stereocenters. The molecule has 98 valence electrons. The number of hydrogen-bond acceptors (Lipinski definition) is 2. The molecule has 0 saturated heterocycles. The van der Waals surface area contributed by atoms with E-state index in [0.717, 1.165) is 18.6 Å². The SMILES string of the molecule is CCOc1ccccc1-c1cccc2c1CCC2N. The molecule has 0 aliphatic heterocycles. The van der Waals surface area contributed by atoms with E-state index in [9.17, 15) is 0 Å². The van der Waals surface area contributed by atoms with Gasteiger partial charge < -0.3 is 10.5 Å². The maximum atomic E-state index is 6.16. The van der Waals surface area contributed by atoms with Gasteiger partial charge in [0.2, 0.25) is 0 Å². The predicted octanol–water partition coefficient (Wildman–Crippen LogP) is 3.70. The van der Waals surface area contributed by atoms with Gasteiger partial charge in [0, 0.05) is 11.6 Å². The Morgan fingerprint density at radius 2 is 1.89 bits per heavy atom. The summed E-state index contributed by atoms with van der Waals surface area (Å²) in [5.41, 5.74) is 11.3. The van der Waals surface area contributed by atoms with Crippen LogP contribution in [0.15, 0.2) is 42.5 Å². The minimum Gasteiger partial charge on any atom is -0.493 e. The van der Waals surface area contributed by atoms with Crippen molar-refractivity contribution in [2.45, 2.75) is 25.8 Å². The molecule has 0 spiro atoms. The number of hydrogen-bond donors (Lipinski definition) is 1. The molecular formula is C17H19NO. The fourth-order valence-corrected chi connectivity index (χ4v) is 2.91. The first-order chi connectivity index (χ1) is 9.31. The van der Waals surface area contributed by atoms with Crippen LogP contribution in [0, 0.1) is 0 Å². The quantitative estimate of drug-likeness (QED) is 0.905. The molecular weight excluding hydrogens is 234 g/mol. The second kappa shape index (κ2) is 5.06. The Hall–Kier alpha value is -1.80. The van der Waals surface area contributed by atoms with Crippen molar-refractivity contribution < 1.29 is 4.74 Å². The van der Waals surface area contributed by atoms with E-state index in [1.165, 1.54) is 22.3 Å². The highest BCUT2D eigenvalue weighted by atomic mass is 16.5. The molecule has 3 rings (SSSR count). The highest BCUT2D eigenvalue weighted by Crippen LogP contribution is 2.39. The predicted molar refractivity (Wildman–Crippen MR) is 78.3 cm³/mol. The molecule has 2 aromatic rings. The third-order valence-electron chi connectivity index (χ3n) is 3.79. The zero-order valence-corrected chi connectivity index (χ0v) is 11.2. The third-order valence-corrected chi connectivity index (χ3v) is 3.79. The molecule has 2 heteroatoms. The highest BCUT2D eigenvalue weighted by Gasteiger charge is 2.22. The monoisotopic (exact) mass is 253 g/mol. The average Bonchev–Trinajstić information content (AvgIpc) is 2.82. The van der Waals surface area contributed by atoms with Crippen LogP contribution in [-0.4, -0.2) is 6.61 Å². The minimum atomic E-state index is 0.189. The number of rotatable bonds is 3. The summed E-state index contributed by atoms with van der Waals surface area (Å²) in [6.45, 7) is 2.70. The molecule has 0 heterocycles. The zero-order valence-electron chi connectivity index (χ0n) is 11.2. The largest absolute Gasteiger partial charge is 0.493 e. The van der Waals surface area contributed by atoms with Gasteiger partial charge in [-0.2, -0.15) is 0 Å². The lowest BCUT2D eigenvalue weighted by Gasteiger charge is -2.14. The summed E-state index contributed by atoms with van der Waals surface area (Å²) >= 11 is 0. The molecule has 1 aliphatic rings. The Morgan fingerprint density at radius 3 is 2.74 bits per heavy atom. The number of fused-ring (bicyclic) bond motifs is 1. The first-order valence-corrected chi connectivity index (χ1v) is 6.91. The van der Waals surface area contributed by atoms with Crippen molar-refractivity contribution in [3.63, 3.8) is 0 Å².